The summed E-state index contributed by atoms with van der Waals surface area (Å²) in [6, 6.07) is 9.74. The van der Waals surface area contributed by atoms with Crippen LogP contribution in [-0.2, 0) is 6.42 Å². The van der Waals surface area contributed by atoms with Crippen molar-refractivity contribution < 1.29 is 4.42 Å². The lowest BCUT2D eigenvalue weighted by Gasteiger charge is -2.02. The van der Waals surface area contributed by atoms with E-state index in [0.29, 0.717) is 24.6 Å². The molecular weight excluding hydrogens is 252 g/mol. The van der Waals surface area contributed by atoms with Gasteiger partial charge in [-0.3, -0.25) is 0 Å². The standard InChI is InChI=1S/C15H12N4O/c1-10-18-13-5-4-11(9-14(13)20-10)12-6-8-17-15(19-12)3-2-7-16/h4-6,8-9H,2-3H2,1H3. The van der Waals surface area contributed by atoms with Crippen LogP contribution in [0.15, 0.2) is 34.9 Å². The van der Waals surface area contributed by atoms with E-state index in [1.807, 2.05) is 31.2 Å². The van der Waals surface area contributed by atoms with Gasteiger partial charge in [0, 0.05) is 31.5 Å². The molecule has 5 nitrogen and oxygen atoms in total. The summed E-state index contributed by atoms with van der Waals surface area (Å²) in [7, 11) is 0. The second kappa shape index (κ2) is 5.10. The molecule has 0 aliphatic carbocycles. The third-order valence-electron chi connectivity index (χ3n) is 2.96. The first-order chi connectivity index (χ1) is 9.76. The lowest BCUT2D eigenvalue weighted by Crippen LogP contribution is -1.95. The molecule has 0 N–H and O–H groups in total. The van der Waals surface area contributed by atoms with Gasteiger partial charge >= 0.3 is 0 Å². The number of aryl methyl sites for hydroxylation is 2. The van der Waals surface area contributed by atoms with Gasteiger partial charge in [0.05, 0.1) is 11.8 Å². The lowest BCUT2D eigenvalue weighted by atomic mass is 10.1. The Bertz CT molecular complexity index is 801. The highest BCUT2D eigenvalue weighted by Crippen LogP contribution is 2.23. The molecule has 2 heterocycles. The van der Waals surface area contributed by atoms with Crippen molar-refractivity contribution in [2.75, 3.05) is 0 Å². The zero-order chi connectivity index (χ0) is 13.9. The number of benzene rings is 1. The van der Waals surface area contributed by atoms with Gasteiger partial charge in [-0.15, -0.1) is 0 Å². The number of aromatic nitrogens is 3. The van der Waals surface area contributed by atoms with Crippen LogP contribution in [0.1, 0.15) is 18.1 Å². The van der Waals surface area contributed by atoms with E-state index in [9.17, 15) is 0 Å². The second-order valence-corrected chi connectivity index (χ2v) is 4.43. The van der Waals surface area contributed by atoms with Gasteiger partial charge in [0.15, 0.2) is 11.5 Å². The first kappa shape index (κ1) is 12.3. The van der Waals surface area contributed by atoms with E-state index >= 15 is 0 Å². The van der Waals surface area contributed by atoms with Gasteiger partial charge in [-0.1, -0.05) is 6.07 Å². The van der Waals surface area contributed by atoms with E-state index in [2.05, 4.69) is 21.0 Å². The van der Waals surface area contributed by atoms with Crippen LogP contribution in [-0.4, -0.2) is 15.0 Å². The molecule has 3 aromatic rings. The van der Waals surface area contributed by atoms with Gasteiger partial charge in [-0.25, -0.2) is 15.0 Å². The van der Waals surface area contributed by atoms with Gasteiger partial charge in [0.1, 0.15) is 11.3 Å². The van der Waals surface area contributed by atoms with Crippen molar-refractivity contribution in [3.63, 3.8) is 0 Å². The summed E-state index contributed by atoms with van der Waals surface area (Å²) in [5, 5.41) is 8.61. The van der Waals surface area contributed by atoms with E-state index in [4.69, 9.17) is 9.68 Å². The quantitative estimate of drug-likeness (QED) is 0.726. The normalized spacial score (nSPS) is 10.6. The Morgan fingerprint density at radius 3 is 3.00 bits per heavy atom. The monoisotopic (exact) mass is 264 g/mol. The van der Waals surface area contributed by atoms with Crippen molar-refractivity contribution in [1.82, 2.24) is 15.0 Å². The Hall–Kier alpha value is -2.74. The predicted octanol–water partition coefficient (Wildman–Crippen LogP) is 3.05. The lowest BCUT2D eigenvalue weighted by molar-refractivity contribution is 0.561. The van der Waals surface area contributed by atoms with Gasteiger partial charge in [-0.2, -0.15) is 5.26 Å². The van der Waals surface area contributed by atoms with Crippen molar-refractivity contribution in [1.29, 1.82) is 5.26 Å². The van der Waals surface area contributed by atoms with Crippen molar-refractivity contribution in [3.8, 4) is 17.3 Å². The third kappa shape index (κ3) is 2.36. The van der Waals surface area contributed by atoms with Crippen LogP contribution in [0.5, 0.6) is 0 Å². The molecule has 20 heavy (non-hydrogen) atoms. The molecule has 5 heteroatoms. The minimum atomic E-state index is 0.420. The molecule has 0 radical (unpaired) electrons. The van der Waals surface area contributed by atoms with Crippen molar-refractivity contribution in [2.24, 2.45) is 0 Å². The molecule has 0 unspecified atom stereocenters. The van der Waals surface area contributed by atoms with Crippen LogP contribution < -0.4 is 0 Å². The smallest absolute Gasteiger partial charge is 0.192 e. The molecule has 0 saturated carbocycles. The van der Waals surface area contributed by atoms with E-state index in [1.54, 1.807) is 6.20 Å². The Morgan fingerprint density at radius 1 is 1.25 bits per heavy atom. The minimum Gasteiger partial charge on any atom is -0.441 e. The summed E-state index contributed by atoms with van der Waals surface area (Å²) in [5.41, 5.74) is 3.36. The van der Waals surface area contributed by atoms with E-state index < -0.39 is 0 Å². The number of fused-ring (bicyclic) bond motifs is 1. The van der Waals surface area contributed by atoms with Crippen LogP contribution in [0, 0.1) is 18.3 Å². The van der Waals surface area contributed by atoms with Crippen LogP contribution in [0.2, 0.25) is 0 Å². The molecule has 0 fully saturated rings. The Morgan fingerprint density at radius 2 is 2.15 bits per heavy atom. The predicted molar refractivity (Wildman–Crippen MR) is 73.7 cm³/mol. The molecule has 0 saturated heterocycles. The molecule has 0 spiro atoms. The molecule has 0 atom stereocenters. The molecular formula is C15H12N4O. The van der Waals surface area contributed by atoms with Gasteiger partial charge in [0.25, 0.3) is 0 Å². The average molecular weight is 264 g/mol. The highest BCUT2D eigenvalue weighted by molar-refractivity contribution is 5.79. The summed E-state index contributed by atoms with van der Waals surface area (Å²) in [6.45, 7) is 1.82. The molecule has 0 bridgehead atoms. The molecule has 1 aromatic carbocycles. The van der Waals surface area contributed by atoms with Gasteiger partial charge in [-0.05, 0) is 18.2 Å². The highest BCUT2D eigenvalue weighted by Gasteiger charge is 2.07. The van der Waals surface area contributed by atoms with E-state index in [-0.39, 0.29) is 0 Å². The number of nitriles is 1. The summed E-state index contributed by atoms with van der Waals surface area (Å²) in [5.74, 6) is 1.33. The molecule has 2 aromatic heterocycles. The SMILES string of the molecule is Cc1nc2ccc(-c3ccnc(CCC#N)n3)cc2o1. The molecule has 98 valence electrons. The number of nitrogens with zero attached hydrogens (tertiary/aromatic N) is 4. The summed E-state index contributed by atoms with van der Waals surface area (Å²) >= 11 is 0. The molecule has 3 rings (SSSR count). The molecule has 0 aliphatic rings. The largest absolute Gasteiger partial charge is 0.441 e. The van der Waals surface area contributed by atoms with Crippen molar-refractivity contribution in [3.05, 3.63) is 42.2 Å². The first-order valence-electron chi connectivity index (χ1n) is 6.33. The number of rotatable bonds is 3. The van der Waals surface area contributed by atoms with Crippen molar-refractivity contribution >= 4 is 11.1 Å². The molecule has 0 amide bonds. The Balaban J connectivity index is 1.99. The number of hydrogen-bond donors (Lipinski definition) is 0. The van der Waals surface area contributed by atoms with E-state index in [0.717, 1.165) is 22.4 Å². The first-order valence-corrected chi connectivity index (χ1v) is 6.33. The van der Waals surface area contributed by atoms with Crippen LogP contribution >= 0.6 is 0 Å². The Kier molecular flexibility index (Phi) is 3.13. The fourth-order valence-corrected chi connectivity index (χ4v) is 2.05. The highest BCUT2D eigenvalue weighted by atomic mass is 16.3. The van der Waals surface area contributed by atoms with Gasteiger partial charge in [0.2, 0.25) is 0 Å². The third-order valence-corrected chi connectivity index (χ3v) is 2.96. The van der Waals surface area contributed by atoms with Gasteiger partial charge < -0.3 is 4.42 Å². The second-order valence-electron chi connectivity index (χ2n) is 4.43. The zero-order valence-electron chi connectivity index (χ0n) is 11.0. The maximum absolute atomic E-state index is 8.61. The fraction of sp³-hybridized carbons (Fsp3) is 0.200. The number of oxazole rings is 1. The van der Waals surface area contributed by atoms with Crippen LogP contribution in [0.25, 0.3) is 22.4 Å². The van der Waals surface area contributed by atoms with Crippen LogP contribution in [0.3, 0.4) is 0 Å². The van der Waals surface area contributed by atoms with E-state index in [1.165, 1.54) is 0 Å². The maximum Gasteiger partial charge on any atom is 0.192 e. The summed E-state index contributed by atoms with van der Waals surface area (Å²) < 4.78 is 5.53. The number of hydrogen-bond acceptors (Lipinski definition) is 5. The maximum atomic E-state index is 8.61. The Labute approximate surface area is 115 Å². The fourth-order valence-electron chi connectivity index (χ4n) is 2.05. The zero-order valence-corrected chi connectivity index (χ0v) is 11.0. The average Bonchev–Trinajstić information content (AvgIpc) is 2.84. The summed E-state index contributed by atoms with van der Waals surface area (Å²) in [6.07, 6.45) is 2.70. The molecule has 0 aliphatic heterocycles. The van der Waals surface area contributed by atoms with Crippen LogP contribution in [0.4, 0.5) is 0 Å². The van der Waals surface area contributed by atoms with Crippen molar-refractivity contribution in [2.45, 2.75) is 19.8 Å². The minimum absolute atomic E-state index is 0.420. The topological polar surface area (TPSA) is 75.6 Å². The summed E-state index contributed by atoms with van der Waals surface area (Å²) in [4.78, 5) is 12.9.